The van der Waals surface area contributed by atoms with Crippen molar-refractivity contribution in [3.05, 3.63) is 24.3 Å². The Labute approximate surface area is 136 Å². The van der Waals surface area contributed by atoms with Crippen LogP contribution >= 0.6 is 0 Å². The molecule has 1 fully saturated rings. The first kappa shape index (κ1) is 17.5. The van der Waals surface area contributed by atoms with E-state index in [0.717, 1.165) is 12.8 Å². The fraction of sp³-hybridized carbons (Fsp3) is 0.500. The monoisotopic (exact) mass is 340 g/mol. The van der Waals surface area contributed by atoms with Gasteiger partial charge in [-0.15, -0.1) is 0 Å². The fourth-order valence-electron chi connectivity index (χ4n) is 2.59. The summed E-state index contributed by atoms with van der Waals surface area (Å²) in [5.41, 5.74) is 6.11. The maximum atomic E-state index is 12.3. The van der Waals surface area contributed by atoms with E-state index >= 15 is 0 Å². The second-order valence-electron chi connectivity index (χ2n) is 5.84. The first-order valence-corrected chi connectivity index (χ1v) is 8.97. The van der Waals surface area contributed by atoms with Crippen LogP contribution in [-0.2, 0) is 10.0 Å². The number of guanidine groups is 1. The van der Waals surface area contributed by atoms with Gasteiger partial charge in [-0.1, -0.05) is 0 Å². The maximum absolute atomic E-state index is 12.3. The van der Waals surface area contributed by atoms with E-state index in [-0.39, 0.29) is 22.9 Å². The number of benzene rings is 1. The van der Waals surface area contributed by atoms with Gasteiger partial charge in [0.05, 0.1) is 4.90 Å². The summed E-state index contributed by atoms with van der Waals surface area (Å²) in [4.78, 5) is 0.221. The lowest BCUT2D eigenvalue weighted by Gasteiger charge is -2.31. The zero-order valence-electron chi connectivity index (χ0n) is 13.1. The number of nitrogens with zero attached hydrogens (tertiary/aromatic N) is 1. The summed E-state index contributed by atoms with van der Waals surface area (Å²) in [7, 11) is -1.93. The highest BCUT2D eigenvalue weighted by atomic mass is 32.2. The van der Waals surface area contributed by atoms with Gasteiger partial charge in [0.25, 0.3) is 0 Å². The third kappa shape index (κ3) is 4.81. The van der Waals surface area contributed by atoms with Crippen molar-refractivity contribution in [1.29, 1.82) is 5.41 Å². The van der Waals surface area contributed by atoms with Crippen molar-refractivity contribution in [3.63, 3.8) is 0 Å². The minimum Gasteiger partial charge on any atom is -0.399 e. The number of sulfonamides is 1. The van der Waals surface area contributed by atoms with Crippen LogP contribution in [0.25, 0.3) is 0 Å². The molecule has 23 heavy (non-hydrogen) atoms. The first-order valence-electron chi connectivity index (χ1n) is 7.49. The number of rotatable bonds is 4. The zero-order chi connectivity index (χ0) is 17.0. The zero-order valence-corrected chi connectivity index (χ0v) is 13.9. The molecule has 8 nitrogen and oxygen atoms in total. The quantitative estimate of drug-likeness (QED) is 0.174. The highest BCUT2D eigenvalue weighted by Crippen LogP contribution is 2.21. The van der Waals surface area contributed by atoms with Crippen molar-refractivity contribution in [3.8, 4) is 0 Å². The van der Waals surface area contributed by atoms with Crippen LogP contribution in [-0.4, -0.2) is 38.5 Å². The molecule has 0 aliphatic heterocycles. The molecule has 1 aromatic rings. The summed E-state index contributed by atoms with van der Waals surface area (Å²) >= 11 is 0. The minimum atomic E-state index is -3.53. The van der Waals surface area contributed by atoms with E-state index in [1.165, 1.54) is 17.1 Å². The van der Waals surface area contributed by atoms with Gasteiger partial charge in [0, 0.05) is 24.8 Å². The predicted octanol–water partition coefficient (Wildman–Crippen LogP) is 0.188. The summed E-state index contributed by atoms with van der Waals surface area (Å²) < 4.78 is 27.4. The van der Waals surface area contributed by atoms with Crippen LogP contribution < -0.4 is 21.6 Å². The van der Waals surface area contributed by atoms with Crippen LogP contribution in [0.5, 0.6) is 0 Å². The number of hydrogen-bond acceptors (Lipinski definition) is 5. The molecule has 9 heteroatoms. The molecule has 1 aliphatic carbocycles. The lowest BCUT2D eigenvalue weighted by atomic mass is 9.92. The van der Waals surface area contributed by atoms with E-state index in [0.29, 0.717) is 18.5 Å². The van der Waals surface area contributed by atoms with Gasteiger partial charge in [-0.3, -0.25) is 10.4 Å². The summed E-state index contributed by atoms with van der Waals surface area (Å²) in [5, 5.41) is 11.9. The molecule has 0 radical (unpaired) electrons. The number of hydrazine groups is 1. The molecule has 0 heterocycles. The van der Waals surface area contributed by atoms with Gasteiger partial charge >= 0.3 is 0 Å². The second kappa shape index (κ2) is 7.16. The van der Waals surface area contributed by atoms with E-state index in [2.05, 4.69) is 10.0 Å². The van der Waals surface area contributed by atoms with Gasteiger partial charge in [0.2, 0.25) is 16.0 Å². The molecule has 1 saturated carbocycles. The molecule has 0 bridgehead atoms. The van der Waals surface area contributed by atoms with Gasteiger partial charge in [-0.25, -0.2) is 19.0 Å². The van der Waals surface area contributed by atoms with Crippen LogP contribution in [0.3, 0.4) is 0 Å². The van der Waals surface area contributed by atoms with Gasteiger partial charge in [0.15, 0.2) is 0 Å². The van der Waals surface area contributed by atoms with E-state index in [1.807, 2.05) is 0 Å². The third-order valence-corrected chi connectivity index (χ3v) is 5.47. The van der Waals surface area contributed by atoms with Crippen molar-refractivity contribution in [2.75, 3.05) is 12.8 Å². The molecule has 7 N–H and O–H groups in total. The van der Waals surface area contributed by atoms with E-state index in [9.17, 15) is 8.42 Å². The number of anilines is 1. The second-order valence-corrected chi connectivity index (χ2v) is 7.56. The number of hydrogen-bond donors (Lipinski definition) is 5. The molecule has 0 spiro atoms. The Morgan fingerprint density at radius 2 is 1.70 bits per heavy atom. The Bertz CT molecular complexity index is 636. The summed E-state index contributed by atoms with van der Waals surface area (Å²) in [5.74, 6) is 5.65. The normalized spacial score (nSPS) is 21.7. The summed E-state index contributed by atoms with van der Waals surface area (Å²) in [6.45, 7) is 0. The van der Waals surface area contributed by atoms with Crippen LogP contribution in [0.15, 0.2) is 29.2 Å². The third-order valence-electron chi connectivity index (χ3n) is 3.93. The van der Waals surface area contributed by atoms with E-state index < -0.39 is 10.0 Å². The lowest BCUT2D eigenvalue weighted by molar-refractivity contribution is 0.344. The predicted molar refractivity (Wildman–Crippen MR) is 90.0 cm³/mol. The Morgan fingerprint density at radius 3 is 2.22 bits per heavy atom. The van der Waals surface area contributed by atoms with Crippen LogP contribution in [0.4, 0.5) is 5.69 Å². The number of nitrogens with one attached hydrogen (secondary N) is 3. The highest BCUT2D eigenvalue weighted by molar-refractivity contribution is 7.89. The average molecular weight is 340 g/mol. The molecular weight excluding hydrogens is 316 g/mol. The number of nitrogens with two attached hydrogens (primary N) is 2. The Morgan fingerprint density at radius 1 is 1.17 bits per heavy atom. The Balaban J connectivity index is 1.88. The number of nitrogen functional groups attached to an aromatic ring is 1. The molecule has 1 aliphatic rings. The smallest absolute Gasteiger partial charge is 0.240 e. The molecule has 0 aromatic heterocycles. The van der Waals surface area contributed by atoms with Gasteiger partial charge in [0.1, 0.15) is 0 Å². The standard InChI is InChI=1S/C14H24N6O2S/c1-20(17)14(16)18-11-4-6-12(7-5-11)19-23(21,22)13-8-2-10(15)3-9-13/h2-3,8-9,11-12,19H,4-7,15,17H2,1H3,(H2,16,18)/t11-,12-. The van der Waals surface area contributed by atoms with Crippen molar-refractivity contribution in [2.45, 2.75) is 42.7 Å². The minimum absolute atomic E-state index is 0.0969. The van der Waals surface area contributed by atoms with Crippen molar-refractivity contribution < 1.29 is 8.42 Å². The fourth-order valence-corrected chi connectivity index (χ4v) is 3.89. The van der Waals surface area contributed by atoms with Crippen LogP contribution in [0.2, 0.25) is 0 Å². The molecule has 0 amide bonds. The van der Waals surface area contributed by atoms with Gasteiger partial charge in [-0.2, -0.15) is 0 Å². The topological polar surface area (TPSA) is 137 Å². The summed E-state index contributed by atoms with van der Waals surface area (Å²) in [6, 6.07) is 6.20. The maximum Gasteiger partial charge on any atom is 0.240 e. The molecule has 0 unspecified atom stereocenters. The van der Waals surface area contributed by atoms with Crippen LogP contribution in [0.1, 0.15) is 25.7 Å². The molecule has 0 saturated heterocycles. The van der Waals surface area contributed by atoms with Crippen molar-refractivity contribution >= 4 is 21.7 Å². The van der Waals surface area contributed by atoms with Crippen molar-refractivity contribution in [2.24, 2.45) is 5.84 Å². The Hall–Kier alpha value is -1.84. The highest BCUT2D eigenvalue weighted by Gasteiger charge is 2.26. The van der Waals surface area contributed by atoms with Crippen LogP contribution in [0, 0.1) is 5.41 Å². The molecule has 1 aromatic carbocycles. The molecule has 128 valence electrons. The Kier molecular flexibility index (Phi) is 5.45. The summed E-state index contributed by atoms with van der Waals surface area (Å²) in [6.07, 6.45) is 3.00. The lowest BCUT2D eigenvalue weighted by Crippen LogP contribution is -2.49. The average Bonchev–Trinajstić information content (AvgIpc) is 2.49. The first-order chi connectivity index (χ1) is 10.8. The molecular formula is C14H24N6O2S. The van der Waals surface area contributed by atoms with E-state index in [1.54, 1.807) is 19.2 Å². The SMILES string of the molecule is CN(N)C(=N)N[C@H]1CC[C@H](NS(=O)(=O)c2ccc(N)cc2)CC1. The van der Waals surface area contributed by atoms with Gasteiger partial charge < -0.3 is 11.1 Å². The van der Waals surface area contributed by atoms with E-state index in [4.69, 9.17) is 17.0 Å². The van der Waals surface area contributed by atoms with Crippen molar-refractivity contribution in [1.82, 2.24) is 15.0 Å². The largest absolute Gasteiger partial charge is 0.399 e. The molecule has 2 rings (SSSR count). The molecule has 0 atom stereocenters. The van der Waals surface area contributed by atoms with Gasteiger partial charge in [-0.05, 0) is 49.9 Å².